The molecule has 0 atom stereocenters. The average Bonchev–Trinajstić information content (AvgIpc) is 2.45. The van der Waals surface area contributed by atoms with E-state index in [1.54, 1.807) is 26.0 Å². The summed E-state index contributed by atoms with van der Waals surface area (Å²) < 4.78 is 14.9. The Morgan fingerprint density at radius 2 is 1.70 bits per heavy atom. The van der Waals surface area contributed by atoms with Crippen LogP contribution in [0, 0.1) is 0 Å². The van der Waals surface area contributed by atoms with Crippen molar-refractivity contribution in [1.82, 2.24) is 5.32 Å². The highest BCUT2D eigenvalue weighted by Gasteiger charge is 2.27. The Hall–Kier alpha value is -1.95. The second kappa shape index (κ2) is 6.47. The first-order chi connectivity index (χ1) is 9.35. The fourth-order valence-corrected chi connectivity index (χ4v) is 1.70. The molecule has 112 valence electrons. The van der Waals surface area contributed by atoms with Crippen molar-refractivity contribution >= 4 is 5.97 Å². The van der Waals surface area contributed by atoms with Crippen LogP contribution in [0.5, 0.6) is 17.2 Å². The number of hydrogen-bond acceptors (Lipinski definition) is 6. The number of aromatic hydroxyl groups is 1. The third-order valence-corrected chi connectivity index (χ3v) is 2.97. The number of phenols is 1. The van der Waals surface area contributed by atoms with Crippen molar-refractivity contribution in [3.8, 4) is 17.2 Å². The van der Waals surface area contributed by atoms with Crippen LogP contribution in [0.15, 0.2) is 12.1 Å². The van der Waals surface area contributed by atoms with E-state index in [4.69, 9.17) is 14.2 Å². The van der Waals surface area contributed by atoms with Gasteiger partial charge in [0, 0.05) is 6.54 Å². The molecule has 0 aliphatic carbocycles. The van der Waals surface area contributed by atoms with Crippen LogP contribution in [0.3, 0.4) is 0 Å². The Bertz CT molecular complexity index is 459. The number of phenolic OH excluding ortho intramolecular Hbond substituents is 1. The number of hydrogen-bond donors (Lipinski definition) is 2. The quantitative estimate of drug-likeness (QED) is 0.770. The second-order valence-electron chi connectivity index (χ2n) is 4.82. The van der Waals surface area contributed by atoms with Gasteiger partial charge in [-0.15, -0.1) is 0 Å². The summed E-state index contributed by atoms with van der Waals surface area (Å²) in [5.41, 5.74) is 0.00101. The highest BCUT2D eigenvalue weighted by Crippen LogP contribution is 2.37. The number of esters is 1. The van der Waals surface area contributed by atoms with Crippen molar-refractivity contribution in [3.63, 3.8) is 0 Å². The Morgan fingerprint density at radius 3 is 2.10 bits per heavy atom. The van der Waals surface area contributed by atoms with Crippen LogP contribution >= 0.6 is 0 Å². The molecule has 0 amide bonds. The maximum atomic E-state index is 11.6. The van der Waals surface area contributed by atoms with Crippen LogP contribution in [-0.2, 0) is 16.1 Å². The van der Waals surface area contributed by atoms with Gasteiger partial charge in [-0.25, -0.2) is 0 Å². The Kier molecular flexibility index (Phi) is 5.21. The first kappa shape index (κ1) is 16.1. The molecular weight excluding hydrogens is 262 g/mol. The molecule has 0 unspecified atom stereocenters. The molecule has 0 fully saturated rings. The van der Waals surface area contributed by atoms with Crippen LogP contribution in [0.1, 0.15) is 19.4 Å². The molecule has 1 rings (SSSR count). The van der Waals surface area contributed by atoms with E-state index >= 15 is 0 Å². The minimum atomic E-state index is -0.812. The Balaban J connectivity index is 2.91. The first-order valence-corrected chi connectivity index (χ1v) is 6.13. The number of rotatable bonds is 6. The first-order valence-electron chi connectivity index (χ1n) is 6.13. The molecule has 1 aromatic carbocycles. The molecule has 0 aromatic heterocycles. The molecule has 0 aliphatic rings. The molecule has 20 heavy (non-hydrogen) atoms. The lowest BCUT2D eigenvalue weighted by atomic mass is 10.1. The van der Waals surface area contributed by atoms with Crippen molar-refractivity contribution < 1.29 is 24.1 Å². The van der Waals surface area contributed by atoms with E-state index in [9.17, 15) is 9.90 Å². The smallest absolute Gasteiger partial charge is 0.325 e. The summed E-state index contributed by atoms with van der Waals surface area (Å²) in [5.74, 6) is 0.232. The Morgan fingerprint density at radius 1 is 1.20 bits per heavy atom. The van der Waals surface area contributed by atoms with E-state index in [1.165, 1.54) is 21.3 Å². The number of carbonyl (C=O) groups excluding carboxylic acids is 1. The maximum Gasteiger partial charge on any atom is 0.325 e. The molecule has 6 heteroatoms. The number of carbonyl (C=O) groups is 1. The average molecular weight is 283 g/mol. The largest absolute Gasteiger partial charge is 0.502 e. The zero-order chi connectivity index (χ0) is 15.3. The maximum absolute atomic E-state index is 11.6. The SMILES string of the molecule is COC(=O)C(C)(C)NCc1cc(OC)c(O)c(OC)c1. The molecule has 0 saturated heterocycles. The van der Waals surface area contributed by atoms with E-state index in [1.807, 2.05) is 0 Å². The van der Waals surface area contributed by atoms with Crippen molar-refractivity contribution in [2.75, 3.05) is 21.3 Å². The fourth-order valence-electron chi connectivity index (χ4n) is 1.70. The molecule has 6 nitrogen and oxygen atoms in total. The Labute approximate surface area is 118 Å². The van der Waals surface area contributed by atoms with Crippen LogP contribution in [0.4, 0.5) is 0 Å². The van der Waals surface area contributed by atoms with E-state index in [0.29, 0.717) is 18.0 Å². The lowest BCUT2D eigenvalue weighted by Crippen LogP contribution is -2.46. The summed E-state index contributed by atoms with van der Waals surface area (Å²) >= 11 is 0. The highest BCUT2D eigenvalue weighted by atomic mass is 16.5. The fraction of sp³-hybridized carbons (Fsp3) is 0.500. The number of ether oxygens (including phenoxy) is 3. The lowest BCUT2D eigenvalue weighted by Gasteiger charge is -2.23. The summed E-state index contributed by atoms with van der Waals surface area (Å²) in [7, 11) is 4.27. The highest BCUT2D eigenvalue weighted by molar-refractivity contribution is 5.79. The van der Waals surface area contributed by atoms with Crippen LogP contribution in [0.25, 0.3) is 0 Å². The van der Waals surface area contributed by atoms with Crippen LogP contribution in [0.2, 0.25) is 0 Å². The zero-order valence-corrected chi connectivity index (χ0v) is 12.4. The van der Waals surface area contributed by atoms with Gasteiger partial charge in [-0.2, -0.15) is 0 Å². The molecular formula is C14H21NO5. The van der Waals surface area contributed by atoms with E-state index in [2.05, 4.69) is 5.32 Å². The molecule has 0 bridgehead atoms. The minimum absolute atomic E-state index is 0.0500. The summed E-state index contributed by atoms with van der Waals surface area (Å²) in [4.78, 5) is 11.6. The van der Waals surface area contributed by atoms with E-state index in [0.717, 1.165) is 5.56 Å². The van der Waals surface area contributed by atoms with Crippen molar-refractivity contribution in [2.45, 2.75) is 25.9 Å². The molecule has 0 saturated carbocycles. The predicted molar refractivity (Wildman–Crippen MR) is 74.1 cm³/mol. The van der Waals surface area contributed by atoms with Crippen LogP contribution in [-0.4, -0.2) is 37.9 Å². The molecule has 1 aromatic rings. The van der Waals surface area contributed by atoms with Gasteiger partial charge in [-0.05, 0) is 31.5 Å². The van der Waals surface area contributed by atoms with Crippen molar-refractivity contribution in [1.29, 1.82) is 0 Å². The summed E-state index contributed by atoms with van der Waals surface area (Å²) in [5, 5.41) is 12.9. The molecule has 0 heterocycles. The predicted octanol–water partition coefficient (Wildman–Crippen LogP) is 1.45. The standard InChI is InChI=1S/C14H21NO5/c1-14(2,13(17)20-5)15-8-9-6-10(18-3)12(16)11(7-9)19-4/h6-7,15-16H,8H2,1-5H3. The molecule has 0 spiro atoms. The number of benzene rings is 1. The third kappa shape index (κ3) is 3.54. The van der Waals surface area contributed by atoms with Gasteiger partial charge >= 0.3 is 5.97 Å². The van der Waals surface area contributed by atoms with E-state index in [-0.39, 0.29) is 11.7 Å². The summed E-state index contributed by atoms with van der Waals surface area (Å²) in [6, 6.07) is 3.36. The number of nitrogens with one attached hydrogen (secondary N) is 1. The molecule has 0 radical (unpaired) electrons. The van der Waals surface area contributed by atoms with Gasteiger partial charge in [0.05, 0.1) is 21.3 Å². The van der Waals surface area contributed by atoms with Gasteiger partial charge in [0.2, 0.25) is 5.75 Å². The monoisotopic (exact) mass is 283 g/mol. The van der Waals surface area contributed by atoms with Crippen molar-refractivity contribution in [2.24, 2.45) is 0 Å². The van der Waals surface area contributed by atoms with Gasteiger partial charge < -0.3 is 19.3 Å². The van der Waals surface area contributed by atoms with E-state index < -0.39 is 5.54 Å². The zero-order valence-electron chi connectivity index (χ0n) is 12.4. The van der Waals surface area contributed by atoms with Gasteiger partial charge in [0.1, 0.15) is 5.54 Å². The normalized spacial score (nSPS) is 11.1. The third-order valence-electron chi connectivity index (χ3n) is 2.97. The van der Waals surface area contributed by atoms with Gasteiger partial charge in [0.25, 0.3) is 0 Å². The van der Waals surface area contributed by atoms with Crippen molar-refractivity contribution in [3.05, 3.63) is 17.7 Å². The van der Waals surface area contributed by atoms with Gasteiger partial charge in [-0.3, -0.25) is 10.1 Å². The summed E-state index contributed by atoms with van der Waals surface area (Å²) in [6.07, 6.45) is 0. The van der Waals surface area contributed by atoms with Crippen LogP contribution < -0.4 is 14.8 Å². The molecule has 0 aliphatic heterocycles. The topological polar surface area (TPSA) is 77.0 Å². The second-order valence-corrected chi connectivity index (χ2v) is 4.82. The lowest BCUT2D eigenvalue weighted by molar-refractivity contribution is -0.147. The van der Waals surface area contributed by atoms with Gasteiger partial charge in [-0.1, -0.05) is 0 Å². The molecule has 2 N–H and O–H groups in total. The minimum Gasteiger partial charge on any atom is -0.502 e. The van der Waals surface area contributed by atoms with Gasteiger partial charge in [0.15, 0.2) is 11.5 Å². The number of methoxy groups -OCH3 is 3. The summed E-state index contributed by atoms with van der Waals surface area (Å²) in [6.45, 7) is 3.86.